The first-order valence-corrected chi connectivity index (χ1v) is 10.2. The van der Waals surface area contributed by atoms with E-state index in [1.165, 1.54) is 4.68 Å². The highest BCUT2D eigenvalue weighted by Gasteiger charge is 2.25. The molecule has 2 aromatic heterocycles. The van der Waals surface area contributed by atoms with E-state index >= 15 is 0 Å². The normalized spacial score (nSPS) is 12.6. The van der Waals surface area contributed by atoms with Crippen molar-refractivity contribution in [2.24, 2.45) is 0 Å². The van der Waals surface area contributed by atoms with Crippen LogP contribution in [0, 0.1) is 0 Å². The van der Waals surface area contributed by atoms with Gasteiger partial charge in [0.25, 0.3) is 5.91 Å². The number of thioether (sulfide) groups is 1. The van der Waals surface area contributed by atoms with Gasteiger partial charge in [-0.25, -0.2) is 4.68 Å². The van der Waals surface area contributed by atoms with E-state index in [0.29, 0.717) is 28.7 Å². The second-order valence-electron chi connectivity index (χ2n) is 6.21. The zero-order valence-corrected chi connectivity index (χ0v) is 16.3. The lowest BCUT2D eigenvalue weighted by Gasteiger charge is -2.11. The highest BCUT2D eigenvalue weighted by atomic mass is 35.5. The van der Waals surface area contributed by atoms with Gasteiger partial charge >= 0.3 is 0 Å². The molecule has 1 aliphatic heterocycles. The molecule has 9 heteroatoms. The number of nitrogens with one attached hydrogen (secondary N) is 2. The Morgan fingerprint density at radius 3 is 2.86 bits per heavy atom. The van der Waals surface area contributed by atoms with Crippen LogP contribution in [0.4, 0.5) is 5.82 Å². The third kappa shape index (κ3) is 3.93. The van der Waals surface area contributed by atoms with Crippen LogP contribution in [0.15, 0.2) is 47.1 Å². The van der Waals surface area contributed by atoms with E-state index < -0.39 is 0 Å². The van der Waals surface area contributed by atoms with Crippen molar-refractivity contribution in [2.45, 2.75) is 24.6 Å². The summed E-state index contributed by atoms with van der Waals surface area (Å²) in [6, 6.07) is 10.4. The second-order valence-corrected chi connectivity index (χ2v) is 7.61. The van der Waals surface area contributed by atoms with E-state index in [1.54, 1.807) is 54.4 Å². The summed E-state index contributed by atoms with van der Waals surface area (Å²) in [5.74, 6) is 2.14. The number of amides is 2. The predicted octanol–water partition coefficient (Wildman–Crippen LogP) is 3.45. The molecule has 28 heavy (non-hydrogen) atoms. The summed E-state index contributed by atoms with van der Waals surface area (Å²) in [7, 11) is 0. The van der Waals surface area contributed by atoms with E-state index in [1.807, 2.05) is 0 Å². The first-order valence-electron chi connectivity index (χ1n) is 8.63. The van der Waals surface area contributed by atoms with Gasteiger partial charge in [0, 0.05) is 17.1 Å². The zero-order chi connectivity index (χ0) is 19.5. The van der Waals surface area contributed by atoms with Crippen LogP contribution in [-0.2, 0) is 29.4 Å². The number of anilines is 1. The third-order valence-corrected chi connectivity index (χ3v) is 5.60. The Kier molecular flexibility index (Phi) is 5.40. The molecule has 0 saturated heterocycles. The Hall–Kier alpha value is -2.71. The molecule has 1 aliphatic rings. The van der Waals surface area contributed by atoms with E-state index in [4.69, 9.17) is 16.0 Å². The van der Waals surface area contributed by atoms with E-state index in [2.05, 4.69) is 15.7 Å². The Bertz CT molecular complexity index is 1020. The molecule has 0 spiro atoms. The molecule has 0 atom stereocenters. The van der Waals surface area contributed by atoms with Crippen molar-refractivity contribution < 1.29 is 14.0 Å². The summed E-state index contributed by atoms with van der Waals surface area (Å²) in [6.07, 6.45) is 1.56. The van der Waals surface area contributed by atoms with Crippen LogP contribution in [0.25, 0.3) is 0 Å². The quantitative estimate of drug-likeness (QED) is 0.642. The largest absolute Gasteiger partial charge is 0.467 e. The van der Waals surface area contributed by atoms with Crippen molar-refractivity contribution in [3.8, 4) is 0 Å². The van der Waals surface area contributed by atoms with Crippen LogP contribution in [0.5, 0.6) is 0 Å². The Morgan fingerprint density at radius 1 is 1.21 bits per heavy atom. The van der Waals surface area contributed by atoms with Crippen LogP contribution in [-0.4, -0.2) is 21.6 Å². The molecule has 0 fully saturated rings. The second kappa shape index (κ2) is 8.12. The van der Waals surface area contributed by atoms with E-state index in [0.717, 1.165) is 22.8 Å². The molecule has 3 heterocycles. The van der Waals surface area contributed by atoms with Gasteiger partial charge in [-0.1, -0.05) is 23.7 Å². The molecular weight excluding hydrogens is 400 g/mol. The molecule has 2 amide bonds. The number of benzene rings is 1. The fourth-order valence-electron chi connectivity index (χ4n) is 2.93. The minimum absolute atomic E-state index is 0.00346. The molecule has 0 aliphatic carbocycles. The van der Waals surface area contributed by atoms with Crippen molar-refractivity contribution in [3.05, 3.63) is 70.3 Å². The fourth-order valence-corrected chi connectivity index (χ4v) is 4.19. The van der Waals surface area contributed by atoms with Gasteiger partial charge in [-0.15, -0.1) is 0 Å². The minimum Gasteiger partial charge on any atom is -0.467 e. The topological polar surface area (TPSA) is 89.2 Å². The van der Waals surface area contributed by atoms with Gasteiger partial charge in [0.1, 0.15) is 18.1 Å². The van der Waals surface area contributed by atoms with Crippen molar-refractivity contribution >= 4 is 41.0 Å². The lowest BCUT2D eigenvalue weighted by molar-refractivity contribution is -0.122. The monoisotopic (exact) mass is 416 g/mol. The summed E-state index contributed by atoms with van der Waals surface area (Å²) in [6.45, 7) is 0.292. The first-order chi connectivity index (χ1) is 13.6. The maximum absolute atomic E-state index is 12.7. The molecule has 144 valence electrons. The lowest BCUT2D eigenvalue weighted by Crippen LogP contribution is -2.28. The number of hydrogen-bond donors (Lipinski definition) is 2. The van der Waals surface area contributed by atoms with E-state index in [-0.39, 0.29) is 18.4 Å². The van der Waals surface area contributed by atoms with Gasteiger partial charge in [0.2, 0.25) is 5.91 Å². The molecule has 3 aromatic rings. The predicted molar refractivity (Wildman–Crippen MR) is 107 cm³/mol. The van der Waals surface area contributed by atoms with Gasteiger partial charge < -0.3 is 15.1 Å². The number of halogens is 1. The van der Waals surface area contributed by atoms with Crippen LogP contribution in [0.3, 0.4) is 0 Å². The minimum atomic E-state index is -0.331. The number of nitrogens with zero attached hydrogens (tertiary/aromatic N) is 2. The maximum Gasteiger partial charge on any atom is 0.258 e. The molecule has 0 bridgehead atoms. The molecule has 4 rings (SSSR count). The standard InChI is InChI=1S/C19H17ClN4O3S/c20-15-6-2-1-5-13(15)19(26)22-18-14-10-28-11-16(14)23-24(18)9-17(25)21-8-12-4-3-7-27-12/h1-7H,8-11H2,(H,21,25)(H,22,26). The highest BCUT2D eigenvalue weighted by molar-refractivity contribution is 7.98. The molecule has 7 nitrogen and oxygen atoms in total. The summed E-state index contributed by atoms with van der Waals surface area (Å²) in [5.41, 5.74) is 2.21. The van der Waals surface area contributed by atoms with Gasteiger partial charge in [-0.05, 0) is 24.3 Å². The van der Waals surface area contributed by atoms with Crippen LogP contribution in [0.2, 0.25) is 5.02 Å². The number of hydrogen-bond acceptors (Lipinski definition) is 5. The van der Waals surface area contributed by atoms with Crippen molar-refractivity contribution in [3.63, 3.8) is 0 Å². The number of rotatable bonds is 6. The summed E-state index contributed by atoms with van der Waals surface area (Å²) in [4.78, 5) is 25.0. The SMILES string of the molecule is O=C(Cn1nc2c(c1NC(=O)c1ccccc1Cl)CSC2)NCc1ccco1. The lowest BCUT2D eigenvalue weighted by atomic mass is 10.2. The van der Waals surface area contributed by atoms with Crippen LogP contribution in [0.1, 0.15) is 27.4 Å². The zero-order valence-electron chi connectivity index (χ0n) is 14.8. The van der Waals surface area contributed by atoms with Crippen molar-refractivity contribution in [2.75, 3.05) is 5.32 Å². The average molecular weight is 417 g/mol. The summed E-state index contributed by atoms with van der Waals surface area (Å²) in [5, 5.41) is 10.6. The third-order valence-electron chi connectivity index (χ3n) is 4.30. The Labute approximate surface area is 170 Å². The number of furan rings is 1. The Morgan fingerprint density at radius 2 is 2.07 bits per heavy atom. The van der Waals surface area contributed by atoms with Crippen molar-refractivity contribution in [1.82, 2.24) is 15.1 Å². The van der Waals surface area contributed by atoms with Gasteiger partial charge in [0.15, 0.2) is 0 Å². The van der Waals surface area contributed by atoms with Crippen LogP contribution >= 0.6 is 23.4 Å². The smallest absolute Gasteiger partial charge is 0.258 e. The maximum atomic E-state index is 12.7. The fraction of sp³-hybridized carbons (Fsp3) is 0.211. The molecule has 2 N–H and O–H groups in total. The van der Waals surface area contributed by atoms with Crippen LogP contribution < -0.4 is 10.6 Å². The summed E-state index contributed by atoms with van der Waals surface area (Å²) >= 11 is 7.85. The number of aromatic nitrogens is 2. The van der Waals surface area contributed by atoms with Gasteiger partial charge in [-0.3, -0.25) is 9.59 Å². The van der Waals surface area contributed by atoms with Gasteiger partial charge in [-0.2, -0.15) is 16.9 Å². The Balaban J connectivity index is 1.51. The number of carbonyl (C=O) groups is 2. The van der Waals surface area contributed by atoms with E-state index in [9.17, 15) is 9.59 Å². The molecular formula is C19H17ClN4O3S. The van der Waals surface area contributed by atoms with Gasteiger partial charge in [0.05, 0.1) is 29.1 Å². The molecule has 1 aromatic carbocycles. The summed E-state index contributed by atoms with van der Waals surface area (Å²) < 4.78 is 6.75. The molecule has 0 unspecified atom stereocenters. The number of fused-ring (bicyclic) bond motifs is 1. The van der Waals surface area contributed by atoms with Crippen molar-refractivity contribution in [1.29, 1.82) is 0 Å². The first kappa shape index (κ1) is 18.6. The highest BCUT2D eigenvalue weighted by Crippen LogP contribution is 2.35. The molecule has 0 radical (unpaired) electrons. The molecule has 0 saturated carbocycles. The average Bonchev–Trinajstić information content (AvgIpc) is 3.40. The number of carbonyl (C=O) groups excluding carboxylic acids is 2.